The van der Waals surface area contributed by atoms with Crippen LogP contribution in [0.25, 0.3) is 0 Å². The van der Waals surface area contributed by atoms with E-state index in [0.717, 1.165) is 29.5 Å². The lowest BCUT2D eigenvalue weighted by atomic mass is 9.93. The molecule has 0 aromatic heterocycles. The number of ether oxygens (including phenoxy) is 1. The first-order valence-corrected chi connectivity index (χ1v) is 11.6. The molecule has 8 nitrogen and oxygen atoms in total. The molecule has 0 aliphatic rings. The molecule has 1 rings (SSSR count). The molecule has 2 atom stereocenters. The molecule has 1 aromatic carbocycles. The van der Waals surface area contributed by atoms with Gasteiger partial charge in [0.05, 0.1) is 6.61 Å². The summed E-state index contributed by atoms with van der Waals surface area (Å²) in [4.78, 5) is 40.7. The normalized spacial score (nSPS) is 13.3. The number of aliphatic hydroxyl groups is 1. The molecule has 0 heterocycles. The van der Waals surface area contributed by atoms with Gasteiger partial charge < -0.3 is 25.4 Å². The van der Waals surface area contributed by atoms with Crippen molar-refractivity contribution in [3.8, 4) is 0 Å². The molecule has 0 aliphatic heterocycles. The minimum absolute atomic E-state index is 0.295. The lowest BCUT2D eigenvalue weighted by Gasteiger charge is -2.38. The van der Waals surface area contributed by atoms with E-state index in [1.807, 2.05) is 39.0 Å². The molecule has 2 unspecified atom stereocenters. The zero-order valence-corrected chi connectivity index (χ0v) is 21.3. The van der Waals surface area contributed by atoms with Gasteiger partial charge >= 0.3 is 6.09 Å². The standard InChI is InChI=1S/C25H41N3O5/c1-9-10-14-26-22(30)21(20-17(4)12-11-13-18(20)5)28(16(2)3)23(31)19(15-29)27-24(32)33-25(6,7)8/h11-13,16,19,21,29H,9-10,14-15H2,1-8H3,(H,26,30)(H,27,32). The maximum atomic E-state index is 13.6. The van der Waals surface area contributed by atoms with Gasteiger partial charge in [-0.2, -0.15) is 0 Å². The first kappa shape index (κ1) is 28.4. The van der Waals surface area contributed by atoms with Crippen LogP contribution in [0.2, 0.25) is 0 Å². The van der Waals surface area contributed by atoms with Crippen LogP contribution in [0.3, 0.4) is 0 Å². The Morgan fingerprint density at radius 3 is 2.15 bits per heavy atom. The van der Waals surface area contributed by atoms with Gasteiger partial charge in [-0.3, -0.25) is 9.59 Å². The summed E-state index contributed by atoms with van der Waals surface area (Å²) in [6, 6.07) is 3.17. The van der Waals surface area contributed by atoms with Gasteiger partial charge in [0.15, 0.2) is 0 Å². The van der Waals surface area contributed by atoms with Crippen molar-refractivity contribution >= 4 is 17.9 Å². The largest absolute Gasteiger partial charge is 0.444 e. The summed E-state index contributed by atoms with van der Waals surface area (Å²) >= 11 is 0. The van der Waals surface area contributed by atoms with Crippen LogP contribution >= 0.6 is 0 Å². The Morgan fingerprint density at radius 1 is 1.12 bits per heavy atom. The number of hydrogen-bond donors (Lipinski definition) is 3. The van der Waals surface area contributed by atoms with Gasteiger partial charge in [0.1, 0.15) is 17.7 Å². The van der Waals surface area contributed by atoms with Crippen LogP contribution in [0.1, 0.15) is 77.1 Å². The average Bonchev–Trinajstić information content (AvgIpc) is 2.69. The van der Waals surface area contributed by atoms with Crippen molar-refractivity contribution in [1.82, 2.24) is 15.5 Å². The molecule has 0 radical (unpaired) electrons. The van der Waals surface area contributed by atoms with E-state index in [0.29, 0.717) is 6.54 Å². The molecule has 0 aliphatic carbocycles. The Morgan fingerprint density at radius 2 is 1.70 bits per heavy atom. The van der Waals surface area contributed by atoms with Gasteiger partial charge in [0.2, 0.25) is 11.8 Å². The fraction of sp³-hybridized carbons (Fsp3) is 0.640. The molecule has 3 N–H and O–H groups in total. The number of hydrogen-bond acceptors (Lipinski definition) is 5. The number of rotatable bonds is 10. The fourth-order valence-corrected chi connectivity index (χ4v) is 3.64. The Labute approximate surface area is 198 Å². The maximum Gasteiger partial charge on any atom is 0.408 e. The van der Waals surface area contributed by atoms with Gasteiger partial charge in [0.25, 0.3) is 0 Å². The Bertz CT molecular complexity index is 797. The van der Waals surface area contributed by atoms with Crippen molar-refractivity contribution in [1.29, 1.82) is 0 Å². The van der Waals surface area contributed by atoms with Crippen LogP contribution in [0.5, 0.6) is 0 Å². The van der Waals surface area contributed by atoms with Crippen molar-refractivity contribution in [3.05, 3.63) is 34.9 Å². The molecule has 0 fully saturated rings. The second-order valence-electron chi connectivity index (χ2n) is 9.57. The first-order valence-electron chi connectivity index (χ1n) is 11.6. The van der Waals surface area contributed by atoms with E-state index in [1.165, 1.54) is 4.90 Å². The van der Waals surface area contributed by atoms with Gasteiger partial charge in [-0.05, 0) is 71.6 Å². The Kier molecular flexibility index (Phi) is 10.8. The number of nitrogens with zero attached hydrogens (tertiary/aromatic N) is 1. The number of amides is 3. The summed E-state index contributed by atoms with van der Waals surface area (Å²) in [6.45, 7) is 14.4. The van der Waals surface area contributed by atoms with Crippen LogP contribution in [0.15, 0.2) is 18.2 Å². The molecule has 3 amide bonds. The van der Waals surface area contributed by atoms with E-state index >= 15 is 0 Å². The molecule has 0 spiro atoms. The highest BCUT2D eigenvalue weighted by Crippen LogP contribution is 2.30. The fourth-order valence-electron chi connectivity index (χ4n) is 3.64. The van der Waals surface area contributed by atoms with Crippen molar-refractivity contribution in [2.24, 2.45) is 0 Å². The minimum atomic E-state index is -1.25. The highest BCUT2D eigenvalue weighted by atomic mass is 16.6. The highest BCUT2D eigenvalue weighted by Gasteiger charge is 2.38. The SMILES string of the molecule is CCCCNC(=O)C(c1c(C)cccc1C)N(C(=O)C(CO)NC(=O)OC(C)(C)C)C(C)C. The number of carbonyl (C=O) groups is 3. The predicted molar refractivity (Wildman–Crippen MR) is 129 cm³/mol. The third-order valence-corrected chi connectivity index (χ3v) is 5.15. The van der Waals surface area contributed by atoms with Gasteiger partial charge in [-0.25, -0.2) is 4.79 Å². The van der Waals surface area contributed by atoms with Gasteiger partial charge in [0, 0.05) is 12.6 Å². The maximum absolute atomic E-state index is 13.6. The molecular formula is C25H41N3O5. The Hall–Kier alpha value is -2.61. The molecule has 1 aromatic rings. The van der Waals surface area contributed by atoms with Crippen LogP contribution in [-0.2, 0) is 14.3 Å². The lowest BCUT2D eigenvalue weighted by Crippen LogP contribution is -2.56. The number of unbranched alkanes of at least 4 members (excludes halogenated alkanes) is 1. The topological polar surface area (TPSA) is 108 Å². The van der Waals surface area contributed by atoms with E-state index in [9.17, 15) is 19.5 Å². The molecule has 33 heavy (non-hydrogen) atoms. The zero-order chi connectivity index (χ0) is 25.3. The summed E-state index contributed by atoms with van der Waals surface area (Å²) < 4.78 is 5.25. The quantitative estimate of drug-likeness (QED) is 0.461. The monoisotopic (exact) mass is 463 g/mol. The van der Waals surface area contributed by atoms with Gasteiger partial charge in [-0.15, -0.1) is 0 Å². The number of alkyl carbamates (subject to hydrolysis) is 1. The van der Waals surface area contributed by atoms with Crippen molar-refractivity contribution < 1.29 is 24.2 Å². The lowest BCUT2D eigenvalue weighted by molar-refractivity contribution is -0.145. The number of benzene rings is 1. The predicted octanol–water partition coefficient (Wildman–Crippen LogP) is 3.38. The van der Waals surface area contributed by atoms with E-state index in [2.05, 4.69) is 10.6 Å². The Balaban J connectivity index is 3.41. The van der Waals surface area contributed by atoms with Crippen LogP contribution in [0, 0.1) is 13.8 Å². The second kappa shape index (κ2) is 12.6. The van der Waals surface area contributed by atoms with Crippen molar-refractivity contribution in [2.75, 3.05) is 13.2 Å². The average molecular weight is 464 g/mol. The summed E-state index contributed by atoms with van der Waals surface area (Å²) in [6.07, 6.45) is 0.933. The molecule has 0 saturated carbocycles. The molecule has 186 valence electrons. The third kappa shape index (κ3) is 8.35. The second-order valence-corrected chi connectivity index (χ2v) is 9.57. The van der Waals surface area contributed by atoms with Crippen LogP contribution in [-0.4, -0.2) is 58.8 Å². The summed E-state index contributed by atoms with van der Waals surface area (Å²) in [7, 11) is 0. The molecular weight excluding hydrogens is 422 g/mol. The summed E-state index contributed by atoms with van der Waals surface area (Å²) in [5.74, 6) is -0.853. The highest BCUT2D eigenvalue weighted by molar-refractivity contribution is 5.92. The van der Waals surface area contributed by atoms with Crippen LogP contribution in [0.4, 0.5) is 4.79 Å². The van der Waals surface area contributed by atoms with E-state index in [4.69, 9.17) is 4.74 Å². The summed E-state index contributed by atoms with van der Waals surface area (Å²) in [5, 5.41) is 15.3. The smallest absolute Gasteiger partial charge is 0.408 e. The number of aryl methyl sites for hydroxylation is 2. The van der Waals surface area contributed by atoms with Gasteiger partial charge in [-0.1, -0.05) is 31.5 Å². The first-order chi connectivity index (χ1) is 15.3. The molecule has 8 heteroatoms. The van der Waals surface area contributed by atoms with E-state index in [-0.39, 0.29) is 11.9 Å². The number of carbonyl (C=O) groups excluding carboxylic acids is 3. The van der Waals surface area contributed by atoms with Crippen molar-refractivity contribution in [2.45, 2.75) is 92.0 Å². The third-order valence-electron chi connectivity index (χ3n) is 5.15. The zero-order valence-electron chi connectivity index (χ0n) is 21.3. The molecule has 0 saturated heterocycles. The van der Waals surface area contributed by atoms with Crippen molar-refractivity contribution in [3.63, 3.8) is 0 Å². The number of nitrogens with one attached hydrogen (secondary N) is 2. The van der Waals surface area contributed by atoms with E-state index in [1.54, 1.807) is 34.6 Å². The number of aliphatic hydroxyl groups excluding tert-OH is 1. The van der Waals surface area contributed by atoms with Crippen LogP contribution < -0.4 is 10.6 Å². The van der Waals surface area contributed by atoms with E-state index < -0.39 is 36.3 Å². The minimum Gasteiger partial charge on any atom is -0.444 e. The molecule has 0 bridgehead atoms. The summed E-state index contributed by atoms with van der Waals surface area (Å²) in [5.41, 5.74) is 1.74.